The number of nitrogens with zero attached hydrogens (tertiary/aromatic N) is 1. The van der Waals surface area contributed by atoms with E-state index in [0.29, 0.717) is 16.5 Å². The van der Waals surface area contributed by atoms with Crippen LogP contribution in [0.1, 0.15) is 13.3 Å². The number of ether oxygens (including phenoxy) is 1. The van der Waals surface area contributed by atoms with Crippen molar-refractivity contribution in [3.05, 3.63) is 23.2 Å². The number of amides is 2. The largest absolute Gasteiger partial charge is 0.495 e. The van der Waals surface area contributed by atoms with Gasteiger partial charge in [0.05, 0.1) is 18.7 Å². The number of nitrogens with one attached hydrogen (secondary N) is 1. The summed E-state index contributed by atoms with van der Waals surface area (Å²) in [5.41, 5.74) is 0.492. The third kappa shape index (κ3) is 3.73. The van der Waals surface area contributed by atoms with Crippen LogP contribution in [0.5, 0.6) is 5.75 Å². The minimum absolute atomic E-state index is 0.00778. The molecule has 0 radical (unpaired) electrons. The van der Waals surface area contributed by atoms with Crippen LogP contribution < -0.4 is 15.0 Å². The molecule has 2 unspecified atom stereocenters. The summed E-state index contributed by atoms with van der Waals surface area (Å²) in [6.07, 6.45) is 0.00778. The van der Waals surface area contributed by atoms with Gasteiger partial charge in [-0.25, -0.2) is 0 Å². The number of benzene rings is 1. The first-order valence-corrected chi connectivity index (χ1v) is 7.38. The van der Waals surface area contributed by atoms with Crippen molar-refractivity contribution in [3.63, 3.8) is 0 Å². The molecular weight excluding hydrogens is 324 g/mol. The normalized spacial score (nSPS) is 18.7. The van der Waals surface area contributed by atoms with Crippen LogP contribution in [0.2, 0.25) is 5.02 Å². The molecule has 1 aromatic carbocycles. The molecule has 0 bridgehead atoms. The van der Waals surface area contributed by atoms with E-state index in [2.05, 4.69) is 5.32 Å². The topological polar surface area (TPSA) is 95.9 Å². The van der Waals surface area contributed by atoms with Gasteiger partial charge in [-0.15, -0.1) is 0 Å². The van der Waals surface area contributed by atoms with E-state index in [-0.39, 0.29) is 18.9 Å². The van der Waals surface area contributed by atoms with E-state index in [9.17, 15) is 14.4 Å². The highest BCUT2D eigenvalue weighted by atomic mass is 35.5. The fraction of sp³-hybridized carbons (Fsp3) is 0.400. The molecule has 1 aromatic rings. The van der Waals surface area contributed by atoms with Crippen LogP contribution in [0.15, 0.2) is 18.2 Å². The number of halogens is 1. The lowest BCUT2D eigenvalue weighted by Gasteiger charge is -2.20. The number of hydrogen-bond acceptors (Lipinski definition) is 4. The Bertz CT molecular complexity index is 649. The van der Waals surface area contributed by atoms with Crippen molar-refractivity contribution in [3.8, 4) is 5.75 Å². The van der Waals surface area contributed by atoms with E-state index in [4.69, 9.17) is 21.4 Å². The SMILES string of the molecule is COc1ccc(Cl)cc1N1CC(C(=O)NC(C)C(=O)O)CC1=O. The van der Waals surface area contributed by atoms with Crippen molar-refractivity contribution < 1.29 is 24.2 Å². The maximum Gasteiger partial charge on any atom is 0.325 e. The molecule has 1 aliphatic heterocycles. The average Bonchev–Trinajstić information content (AvgIpc) is 2.89. The van der Waals surface area contributed by atoms with Gasteiger partial charge in [-0.1, -0.05) is 11.6 Å². The second kappa shape index (κ2) is 6.87. The summed E-state index contributed by atoms with van der Waals surface area (Å²) in [4.78, 5) is 36.5. The van der Waals surface area contributed by atoms with Crippen LogP contribution in [0.4, 0.5) is 5.69 Å². The van der Waals surface area contributed by atoms with E-state index in [0.717, 1.165) is 0 Å². The molecule has 2 amide bonds. The highest BCUT2D eigenvalue weighted by molar-refractivity contribution is 6.31. The lowest BCUT2D eigenvalue weighted by molar-refractivity contribution is -0.141. The fourth-order valence-corrected chi connectivity index (χ4v) is 2.55. The first-order valence-electron chi connectivity index (χ1n) is 7.00. The molecule has 2 rings (SSSR count). The third-order valence-corrected chi connectivity index (χ3v) is 3.89. The molecule has 124 valence electrons. The Balaban J connectivity index is 2.16. The lowest BCUT2D eigenvalue weighted by Crippen LogP contribution is -2.42. The number of carboxylic acids is 1. The predicted octanol–water partition coefficient (Wildman–Crippen LogP) is 1.29. The zero-order valence-corrected chi connectivity index (χ0v) is 13.5. The maximum absolute atomic E-state index is 12.2. The third-order valence-electron chi connectivity index (χ3n) is 3.66. The number of anilines is 1. The zero-order chi connectivity index (χ0) is 17.1. The highest BCUT2D eigenvalue weighted by Gasteiger charge is 2.37. The van der Waals surface area contributed by atoms with Gasteiger partial charge in [0.1, 0.15) is 11.8 Å². The predicted molar refractivity (Wildman–Crippen MR) is 83.7 cm³/mol. The Hall–Kier alpha value is -2.28. The fourth-order valence-electron chi connectivity index (χ4n) is 2.38. The summed E-state index contributed by atoms with van der Waals surface area (Å²) in [7, 11) is 1.48. The summed E-state index contributed by atoms with van der Waals surface area (Å²) in [5, 5.41) is 11.7. The quantitative estimate of drug-likeness (QED) is 0.842. The molecule has 0 aromatic heterocycles. The van der Waals surface area contributed by atoms with Crippen LogP contribution in [-0.4, -0.2) is 42.6 Å². The van der Waals surface area contributed by atoms with Crippen LogP contribution in [-0.2, 0) is 14.4 Å². The van der Waals surface area contributed by atoms with E-state index in [1.165, 1.54) is 18.9 Å². The lowest BCUT2D eigenvalue weighted by atomic mass is 10.1. The number of methoxy groups -OCH3 is 1. The van der Waals surface area contributed by atoms with Gasteiger partial charge in [-0.2, -0.15) is 0 Å². The molecule has 8 heteroatoms. The van der Waals surface area contributed by atoms with Crippen LogP contribution in [0.25, 0.3) is 0 Å². The first kappa shape index (κ1) is 17.1. The van der Waals surface area contributed by atoms with Crippen molar-refractivity contribution in [2.75, 3.05) is 18.6 Å². The molecule has 7 nitrogen and oxygen atoms in total. The summed E-state index contributed by atoms with van der Waals surface area (Å²) < 4.78 is 5.22. The summed E-state index contributed by atoms with van der Waals surface area (Å²) in [6.45, 7) is 1.52. The summed E-state index contributed by atoms with van der Waals surface area (Å²) >= 11 is 5.96. The Morgan fingerprint density at radius 1 is 1.48 bits per heavy atom. The molecule has 2 atom stereocenters. The molecule has 1 saturated heterocycles. The standard InChI is InChI=1S/C15H17ClN2O5/c1-8(15(21)22)17-14(20)9-5-13(19)18(7-9)11-6-10(16)3-4-12(11)23-2/h3-4,6,8-9H,5,7H2,1-2H3,(H,17,20)(H,21,22). The Labute approximate surface area is 138 Å². The molecule has 0 saturated carbocycles. The van der Waals surface area contributed by atoms with E-state index < -0.39 is 23.8 Å². The summed E-state index contributed by atoms with van der Waals surface area (Å²) in [6, 6.07) is 3.87. The van der Waals surface area contributed by atoms with Crippen LogP contribution in [0, 0.1) is 5.92 Å². The monoisotopic (exact) mass is 340 g/mol. The number of carbonyl (C=O) groups is 3. The van der Waals surface area contributed by atoms with Crippen molar-refractivity contribution in [2.24, 2.45) is 5.92 Å². The second-order valence-electron chi connectivity index (χ2n) is 5.29. The molecule has 1 fully saturated rings. The molecule has 0 spiro atoms. The highest BCUT2D eigenvalue weighted by Crippen LogP contribution is 2.35. The van der Waals surface area contributed by atoms with Gasteiger partial charge < -0.3 is 20.1 Å². The number of hydrogen-bond donors (Lipinski definition) is 2. The van der Waals surface area contributed by atoms with Crippen LogP contribution in [0.3, 0.4) is 0 Å². The van der Waals surface area contributed by atoms with Crippen molar-refractivity contribution in [1.82, 2.24) is 5.32 Å². The van der Waals surface area contributed by atoms with Crippen molar-refractivity contribution in [1.29, 1.82) is 0 Å². The summed E-state index contributed by atoms with van der Waals surface area (Å²) in [5.74, 6) is -1.97. The van der Waals surface area contributed by atoms with E-state index in [1.54, 1.807) is 18.2 Å². The van der Waals surface area contributed by atoms with Crippen molar-refractivity contribution >= 4 is 35.1 Å². The van der Waals surface area contributed by atoms with Gasteiger partial charge in [0.2, 0.25) is 11.8 Å². The molecule has 1 aliphatic rings. The second-order valence-corrected chi connectivity index (χ2v) is 5.73. The van der Waals surface area contributed by atoms with Gasteiger partial charge in [0.15, 0.2) is 0 Å². The van der Waals surface area contributed by atoms with Gasteiger partial charge in [0.25, 0.3) is 0 Å². The first-order chi connectivity index (χ1) is 10.8. The molecule has 23 heavy (non-hydrogen) atoms. The minimum atomic E-state index is -1.13. The number of aliphatic carboxylic acids is 1. The zero-order valence-electron chi connectivity index (χ0n) is 12.7. The molecule has 2 N–H and O–H groups in total. The Morgan fingerprint density at radius 3 is 2.78 bits per heavy atom. The van der Waals surface area contributed by atoms with Gasteiger partial charge in [-0.3, -0.25) is 14.4 Å². The van der Waals surface area contributed by atoms with Gasteiger partial charge >= 0.3 is 5.97 Å². The van der Waals surface area contributed by atoms with Crippen LogP contribution >= 0.6 is 11.6 Å². The van der Waals surface area contributed by atoms with E-state index in [1.807, 2.05) is 0 Å². The number of carbonyl (C=O) groups excluding carboxylic acids is 2. The molecular formula is C15H17ClN2O5. The minimum Gasteiger partial charge on any atom is -0.495 e. The smallest absolute Gasteiger partial charge is 0.325 e. The average molecular weight is 341 g/mol. The number of carboxylic acid groups (broad SMARTS) is 1. The van der Waals surface area contributed by atoms with Gasteiger partial charge in [-0.05, 0) is 25.1 Å². The molecule has 0 aliphatic carbocycles. The van der Waals surface area contributed by atoms with Gasteiger partial charge in [0, 0.05) is 18.0 Å². The Kier molecular flexibility index (Phi) is 5.10. The number of rotatable bonds is 5. The van der Waals surface area contributed by atoms with E-state index >= 15 is 0 Å². The van der Waals surface area contributed by atoms with Crippen molar-refractivity contribution in [2.45, 2.75) is 19.4 Å². The molecule has 1 heterocycles. The maximum atomic E-state index is 12.2. The Morgan fingerprint density at radius 2 is 2.17 bits per heavy atom.